The van der Waals surface area contributed by atoms with E-state index in [0.29, 0.717) is 0 Å². The van der Waals surface area contributed by atoms with E-state index in [9.17, 15) is 4.79 Å². The van der Waals surface area contributed by atoms with Gasteiger partial charge in [0.1, 0.15) is 0 Å². The number of hydrogen-bond donors (Lipinski definition) is 0. The van der Waals surface area contributed by atoms with E-state index in [1.807, 2.05) is 19.9 Å². The molecule has 1 heterocycles. The van der Waals surface area contributed by atoms with Gasteiger partial charge in [-0.25, -0.2) is 0 Å². The predicted octanol–water partition coefficient (Wildman–Crippen LogP) is 1.00. The Morgan fingerprint density at radius 2 is 1.90 bits per heavy atom. The van der Waals surface area contributed by atoms with Crippen LogP contribution < -0.4 is 5.56 Å². The molecule has 2 heteroatoms. The first-order valence-corrected chi connectivity index (χ1v) is 3.26. The van der Waals surface area contributed by atoms with Gasteiger partial charge in [-0.3, -0.25) is 4.79 Å². The average molecular weight is 137 g/mol. The van der Waals surface area contributed by atoms with Gasteiger partial charge in [-0.15, -0.1) is 0 Å². The van der Waals surface area contributed by atoms with Crippen LogP contribution in [0.3, 0.4) is 0 Å². The maximum absolute atomic E-state index is 11.0. The van der Waals surface area contributed by atoms with Crippen LogP contribution in [0.5, 0.6) is 0 Å². The van der Waals surface area contributed by atoms with Crippen molar-refractivity contribution in [3.05, 3.63) is 33.7 Å². The van der Waals surface area contributed by atoms with Gasteiger partial charge < -0.3 is 4.57 Å². The second-order valence-corrected chi connectivity index (χ2v) is 2.50. The van der Waals surface area contributed by atoms with Crippen LogP contribution in [0.4, 0.5) is 0 Å². The molecule has 0 aliphatic carbocycles. The summed E-state index contributed by atoms with van der Waals surface area (Å²) in [5.41, 5.74) is 2.25. The lowest BCUT2D eigenvalue weighted by atomic mass is 10.2. The van der Waals surface area contributed by atoms with E-state index in [1.165, 1.54) is 0 Å². The molecule has 0 spiro atoms. The molecule has 0 aliphatic rings. The molecule has 54 valence electrons. The number of aryl methyl sites for hydroxylation is 1. The highest BCUT2D eigenvalue weighted by Gasteiger charge is 1.95. The summed E-state index contributed by atoms with van der Waals surface area (Å²) >= 11 is 0. The first-order valence-electron chi connectivity index (χ1n) is 3.26. The Morgan fingerprint density at radius 3 is 2.40 bits per heavy atom. The van der Waals surface area contributed by atoms with E-state index in [1.54, 1.807) is 17.7 Å². The normalized spacial score (nSPS) is 9.90. The summed E-state index contributed by atoms with van der Waals surface area (Å²) in [5.74, 6) is 0. The van der Waals surface area contributed by atoms with E-state index in [4.69, 9.17) is 0 Å². The fourth-order valence-corrected chi connectivity index (χ4v) is 0.859. The fourth-order valence-electron chi connectivity index (χ4n) is 0.859. The van der Waals surface area contributed by atoms with Crippen LogP contribution in [-0.2, 0) is 7.05 Å². The second kappa shape index (κ2) is 2.29. The van der Waals surface area contributed by atoms with Gasteiger partial charge in [0.05, 0.1) is 0 Å². The Morgan fingerprint density at radius 1 is 1.30 bits per heavy atom. The zero-order valence-corrected chi connectivity index (χ0v) is 6.51. The molecule has 1 aromatic heterocycles. The van der Waals surface area contributed by atoms with Crippen molar-refractivity contribution >= 4 is 0 Å². The van der Waals surface area contributed by atoms with Gasteiger partial charge in [0.15, 0.2) is 0 Å². The third-order valence-electron chi connectivity index (χ3n) is 1.88. The molecule has 2 nitrogen and oxygen atoms in total. The summed E-state index contributed by atoms with van der Waals surface area (Å²) in [6, 6.07) is 3.43. The first-order chi connectivity index (χ1) is 4.63. The number of hydrogen-bond acceptors (Lipinski definition) is 1. The van der Waals surface area contributed by atoms with Crippen LogP contribution in [0.2, 0.25) is 0 Å². The highest BCUT2D eigenvalue weighted by atomic mass is 16.1. The lowest BCUT2D eigenvalue weighted by molar-refractivity contribution is 0.808. The van der Waals surface area contributed by atoms with E-state index in [-0.39, 0.29) is 5.56 Å². The van der Waals surface area contributed by atoms with Crippen molar-refractivity contribution in [2.24, 2.45) is 7.05 Å². The van der Waals surface area contributed by atoms with Crippen molar-refractivity contribution in [1.82, 2.24) is 4.57 Å². The zero-order chi connectivity index (χ0) is 7.72. The minimum absolute atomic E-state index is 0.0584. The van der Waals surface area contributed by atoms with Crippen molar-refractivity contribution < 1.29 is 0 Å². The van der Waals surface area contributed by atoms with Gasteiger partial charge in [0.25, 0.3) is 0 Å². The van der Waals surface area contributed by atoms with Gasteiger partial charge in [-0.1, -0.05) is 6.07 Å². The Kier molecular flexibility index (Phi) is 1.62. The smallest absolute Gasteiger partial charge is 0.250 e. The number of nitrogens with zero attached hydrogens (tertiary/aromatic N) is 1. The molecule has 0 saturated heterocycles. The molecule has 0 radical (unpaired) electrons. The zero-order valence-electron chi connectivity index (χ0n) is 6.51. The summed E-state index contributed by atoms with van der Waals surface area (Å²) in [6.07, 6.45) is 0. The quantitative estimate of drug-likeness (QED) is 0.523. The van der Waals surface area contributed by atoms with E-state index >= 15 is 0 Å². The van der Waals surface area contributed by atoms with Gasteiger partial charge in [-0.05, 0) is 19.4 Å². The van der Waals surface area contributed by atoms with Crippen molar-refractivity contribution in [3.63, 3.8) is 0 Å². The molecule has 1 aromatic rings. The summed E-state index contributed by atoms with van der Waals surface area (Å²) in [5, 5.41) is 0. The van der Waals surface area contributed by atoms with Gasteiger partial charge >= 0.3 is 0 Å². The molecule has 0 atom stereocenters. The highest BCUT2D eigenvalue weighted by molar-refractivity contribution is 5.17. The van der Waals surface area contributed by atoms with Crippen LogP contribution in [0.15, 0.2) is 16.9 Å². The Balaban J connectivity index is 3.49. The first kappa shape index (κ1) is 7.06. The van der Waals surface area contributed by atoms with Crippen molar-refractivity contribution in [2.75, 3.05) is 0 Å². The van der Waals surface area contributed by atoms with Crippen LogP contribution in [-0.4, -0.2) is 4.57 Å². The monoisotopic (exact) mass is 137 g/mol. The standard InChI is InChI=1S/C8H11NO/c1-6-4-5-8(10)9(3)7(6)2/h4-5H,1-3H3. The molecule has 1 rings (SSSR count). The molecule has 0 unspecified atom stereocenters. The minimum atomic E-state index is 0.0584. The number of aromatic nitrogens is 1. The van der Waals surface area contributed by atoms with Crippen molar-refractivity contribution in [2.45, 2.75) is 13.8 Å². The van der Waals surface area contributed by atoms with Crippen LogP contribution >= 0.6 is 0 Å². The number of pyridine rings is 1. The Hall–Kier alpha value is -1.05. The van der Waals surface area contributed by atoms with Gasteiger partial charge in [-0.2, -0.15) is 0 Å². The van der Waals surface area contributed by atoms with Crippen LogP contribution in [0.1, 0.15) is 11.3 Å². The maximum atomic E-state index is 11.0. The summed E-state index contributed by atoms with van der Waals surface area (Å²) in [6.45, 7) is 3.94. The van der Waals surface area contributed by atoms with Gasteiger partial charge in [0.2, 0.25) is 5.56 Å². The molecular weight excluding hydrogens is 126 g/mol. The Bertz CT molecular complexity index is 299. The minimum Gasteiger partial charge on any atom is -0.316 e. The molecule has 0 bridgehead atoms. The number of rotatable bonds is 0. The molecular formula is C8H11NO. The van der Waals surface area contributed by atoms with E-state index in [0.717, 1.165) is 11.3 Å². The van der Waals surface area contributed by atoms with Gasteiger partial charge in [0, 0.05) is 18.8 Å². The summed E-state index contributed by atoms with van der Waals surface area (Å²) in [7, 11) is 1.78. The lowest BCUT2D eigenvalue weighted by Gasteiger charge is -2.04. The molecule has 0 N–H and O–H groups in total. The van der Waals surface area contributed by atoms with Crippen LogP contribution in [0, 0.1) is 13.8 Å². The largest absolute Gasteiger partial charge is 0.316 e. The topological polar surface area (TPSA) is 22.0 Å². The lowest BCUT2D eigenvalue weighted by Crippen LogP contribution is -2.17. The fraction of sp³-hybridized carbons (Fsp3) is 0.375. The molecule has 0 aliphatic heterocycles. The van der Waals surface area contributed by atoms with Crippen molar-refractivity contribution in [1.29, 1.82) is 0 Å². The Labute approximate surface area is 60.1 Å². The molecule has 0 aromatic carbocycles. The molecule has 0 saturated carbocycles. The highest BCUT2D eigenvalue weighted by Crippen LogP contribution is 1.99. The molecule has 10 heavy (non-hydrogen) atoms. The third kappa shape index (κ3) is 0.967. The molecule has 0 amide bonds. The van der Waals surface area contributed by atoms with E-state index in [2.05, 4.69) is 0 Å². The SMILES string of the molecule is Cc1ccc(=O)n(C)c1C. The summed E-state index contributed by atoms with van der Waals surface area (Å²) in [4.78, 5) is 11.0. The maximum Gasteiger partial charge on any atom is 0.250 e. The summed E-state index contributed by atoms with van der Waals surface area (Å²) < 4.78 is 1.65. The average Bonchev–Trinajstić information content (AvgIpc) is 1.93. The second-order valence-electron chi connectivity index (χ2n) is 2.50. The van der Waals surface area contributed by atoms with E-state index < -0.39 is 0 Å². The van der Waals surface area contributed by atoms with Crippen molar-refractivity contribution in [3.8, 4) is 0 Å². The predicted molar refractivity (Wildman–Crippen MR) is 41.2 cm³/mol. The molecule has 0 fully saturated rings. The third-order valence-corrected chi connectivity index (χ3v) is 1.88. The van der Waals surface area contributed by atoms with Crippen LogP contribution in [0.25, 0.3) is 0 Å².